The summed E-state index contributed by atoms with van der Waals surface area (Å²) in [6, 6.07) is 23.7. The van der Waals surface area contributed by atoms with E-state index in [0.29, 0.717) is 11.5 Å². The molecule has 41 heavy (non-hydrogen) atoms. The van der Waals surface area contributed by atoms with Gasteiger partial charge in [0.2, 0.25) is 0 Å². The van der Waals surface area contributed by atoms with Crippen LogP contribution in [0.1, 0.15) is 0 Å². The van der Waals surface area contributed by atoms with Gasteiger partial charge in [0.25, 0.3) is 6.47 Å². The van der Waals surface area contributed by atoms with Crippen molar-refractivity contribution in [2.75, 3.05) is 0 Å². The molecule has 5 aromatic rings. The first-order valence-corrected chi connectivity index (χ1v) is 13.6. The fourth-order valence-corrected chi connectivity index (χ4v) is 5.06. The van der Waals surface area contributed by atoms with E-state index in [-0.39, 0.29) is 19.5 Å². The number of aromatic nitrogens is 3. The average molecular weight is 717 g/mol. The van der Waals surface area contributed by atoms with E-state index in [0.717, 1.165) is 43.0 Å². The predicted octanol–water partition coefficient (Wildman–Crippen LogP) is 8.17. The van der Waals surface area contributed by atoms with E-state index in [1.807, 2.05) is 42.5 Å². The van der Waals surface area contributed by atoms with Crippen LogP contribution in [-0.2, 0) is 24.3 Å². The summed E-state index contributed by atoms with van der Waals surface area (Å²) in [6.45, 7) is 0.449. The van der Waals surface area contributed by atoms with Gasteiger partial charge in [0.1, 0.15) is 0 Å². The summed E-state index contributed by atoms with van der Waals surface area (Å²) in [6.07, 6.45) is 3.53. The van der Waals surface area contributed by atoms with Crippen LogP contribution in [-0.4, -0.2) is 36.9 Å². The molecule has 0 unspecified atom stereocenters. The maximum absolute atomic E-state index is 10.6. The Balaban J connectivity index is 0.000000750. The predicted molar refractivity (Wildman–Crippen MR) is 172 cm³/mol. The first-order chi connectivity index (χ1) is 19.5. The average Bonchev–Trinajstić information content (AvgIpc) is 3.66. The fourth-order valence-electron chi connectivity index (χ4n) is 3.15. The van der Waals surface area contributed by atoms with Crippen molar-refractivity contribution in [3.63, 3.8) is 0 Å². The van der Waals surface area contributed by atoms with Gasteiger partial charge in [-0.25, -0.2) is 4.98 Å². The van der Waals surface area contributed by atoms with Crippen molar-refractivity contribution in [2.45, 2.75) is 0 Å². The molecule has 0 aromatic carbocycles. The maximum atomic E-state index is 10.6. The Morgan fingerprint density at radius 3 is 1.61 bits per heavy atom. The van der Waals surface area contributed by atoms with Crippen LogP contribution in [0.5, 0.6) is 5.06 Å². The summed E-state index contributed by atoms with van der Waals surface area (Å²) in [5.41, 5.74) is 4.27. The first-order valence-electron chi connectivity index (χ1n) is 10.7. The van der Waals surface area contributed by atoms with Crippen LogP contribution < -0.4 is 4.74 Å². The van der Waals surface area contributed by atoms with Gasteiger partial charge in [0, 0.05) is 27.0 Å². The summed E-state index contributed by atoms with van der Waals surface area (Å²) in [5.74, 6) is 0. The summed E-state index contributed by atoms with van der Waals surface area (Å²) in [7, 11) is 0. The number of carbonyl (C=O) groups excluding carboxylic acids is 1. The van der Waals surface area contributed by atoms with Crippen LogP contribution >= 0.6 is 59.3 Å². The molecule has 0 aliphatic carbocycles. The Kier molecular flexibility index (Phi) is 17.5. The Bertz CT molecular complexity index is 1540. The SMILES string of the molecule is O=COc1ccc(-c2ccc(-c3cc(-c4ccccn4)nc(-c4ccccn4)c3)s2)s1.[N-]=C=S.[N-]=C=S.[N-]=C=S.[Ru+3]. The van der Waals surface area contributed by atoms with Crippen LogP contribution in [0, 0.1) is 0 Å². The van der Waals surface area contributed by atoms with E-state index in [2.05, 4.69) is 70.9 Å². The molecule has 5 heterocycles. The molecule has 203 valence electrons. The maximum Gasteiger partial charge on any atom is 3.00 e. The van der Waals surface area contributed by atoms with Gasteiger partial charge in [-0.2, -0.15) is 15.5 Å². The zero-order chi connectivity index (χ0) is 29.2. The summed E-state index contributed by atoms with van der Waals surface area (Å²) < 4.78 is 4.95. The van der Waals surface area contributed by atoms with Crippen molar-refractivity contribution in [3.05, 3.63) is 101 Å². The molecule has 5 rings (SSSR count). The minimum absolute atomic E-state index is 0. The topological polar surface area (TPSA) is 132 Å². The number of isothiocyanates is 3. The third kappa shape index (κ3) is 11.4. The second-order valence-electron chi connectivity index (χ2n) is 6.83. The van der Waals surface area contributed by atoms with Crippen molar-refractivity contribution in [1.82, 2.24) is 15.0 Å². The number of hydrogen-bond acceptors (Lipinski definition) is 10. The molecule has 5 aromatic heterocycles. The molecule has 0 aliphatic heterocycles. The van der Waals surface area contributed by atoms with Crippen LogP contribution in [0.25, 0.3) is 59.2 Å². The van der Waals surface area contributed by atoms with Crippen LogP contribution in [0.3, 0.4) is 0 Å². The van der Waals surface area contributed by atoms with Crippen molar-refractivity contribution in [2.24, 2.45) is 0 Å². The normalized spacial score (nSPS) is 8.68. The van der Waals surface area contributed by atoms with Crippen molar-refractivity contribution in [3.8, 4) is 48.0 Å². The minimum Gasteiger partial charge on any atom is -0.753 e. The van der Waals surface area contributed by atoms with Gasteiger partial charge in [-0.3, -0.25) is 14.8 Å². The molecule has 0 atom stereocenters. The number of hydrogen-bond donors (Lipinski definition) is 0. The van der Waals surface area contributed by atoms with Gasteiger partial charge in [-0.05, 0) is 66.2 Å². The van der Waals surface area contributed by atoms with Gasteiger partial charge in [0.05, 0.1) is 22.8 Å². The van der Waals surface area contributed by atoms with Crippen LogP contribution in [0.15, 0.2) is 85.2 Å². The number of ether oxygens (including phenoxy) is 1. The van der Waals surface area contributed by atoms with E-state index in [9.17, 15) is 4.79 Å². The molecular formula is C27H15N6O2RuS5. The molecule has 1 radical (unpaired) electrons. The second kappa shape index (κ2) is 20.3. The van der Waals surface area contributed by atoms with Gasteiger partial charge in [0.15, 0.2) is 5.06 Å². The summed E-state index contributed by atoms with van der Waals surface area (Å²) >= 11 is 14.2. The number of carbonyl (C=O) groups is 1. The molecular weight excluding hydrogens is 702 g/mol. The monoisotopic (exact) mass is 717 g/mol. The Labute approximate surface area is 272 Å². The van der Waals surface area contributed by atoms with Gasteiger partial charge in [-0.15, -0.1) is 11.3 Å². The molecule has 0 saturated heterocycles. The molecule has 0 saturated carbocycles. The van der Waals surface area contributed by atoms with Crippen LogP contribution in [0.4, 0.5) is 0 Å². The van der Waals surface area contributed by atoms with Gasteiger partial charge in [-0.1, -0.05) is 60.1 Å². The van der Waals surface area contributed by atoms with E-state index in [4.69, 9.17) is 25.9 Å². The second-order valence-corrected chi connectivity index (χ2v) is 9.50. The number of thiophene rings is 2. The van der Waals surface area contributed by atoms with E-state index in [1.54, 1.807) is 29.8 Å². The fraction of sp³-hybridized carbons (Fsp3) is 0. The van der Waals surface area contributed by atoms with Crippen molar-refractivity contribution < 1.29 is 29.0 Å². The molecule has 14 heteroatoms. The van der Waals surface area contributed by atoms with E-state index >= 15 is 0 Å². The first kappa shape index (κ1) is 35.4. The molecule has 0 spiro atoms. The van der Waals surface area contributed by atoms with Crippen LogP contribution in [0.2, 0.25) is 0 Å². The van der Waals surface area contributed by atoms with Gasteiger partial charge < -0.3 is 21.0 Å². The van der Waals surface area contributed by atoms with E-state index < -0.39 is 0 Å². The standard InChI is InChI=1S/C24H15N3O2S2.3CNS.Ru/c28-15-29-24-10-9-23(31-24)22-8-7-21(30-22)16-13-19(17-5-1-3-11-25-17)27-20(14-16)18-6-2-4-12-26-18;3*2-1-3;/h1-15H;;;;/q;3*-1;+3. The molecule has 0 N–H and O–H groups in total. The quantitative estimate of drug-likeness (QED) is 0.0744. The largest absolute Gasteiger partial charge is 3.00 e. The van der Waals surface area contributed by atoms with E-state index in [1.165, 1.54) is 26.8 Å². The Morgan fingerprint density at radius 1 is 0.683 bits per heavy atom. The third-order valence-electron chi connectivity index (χ3n) is 4.56. The third-order valence-corrected chi connectivity index (χ3v) is 6.87. The zero-order valence-corrected chi connectivity index (χ0v) is 26.4. The minimum atomic E-state index is 0. The smallest absolute Gasteiger partial charge is 0.753 e. The summed E-state index contributed by atoms with van der Waals surface area (Å²) in [5, 5.41) is 26.0. The number of nitrogens with zero attached hydrogens (tertiary/aromatic N) is 6. The number of pyridine rings is 3. The van der Waals surface area contributed by atoms with Gasteiger partial charge >= 0.3 is 19.5 Å². The molecule has 8 nitrogen and oxygen atoms in total. The molecule has 0 aliphatic rings. The Morgan fingerprint density at radius 2 is 1.15 bits per heavy atom. The zero-order valence-electron chi connectivity index (χ0n) is 20.6. The molecule has 0 fully saturated rings. The summed E-state index contributed by atoms with van der Waals surface area (Å²) in [4.78, 5) is 27.6. The number of thiocarbonyl (C=S) groups is 3. The van der Waals surface area contributed by atoms with Crippen molar-refractivity contribution >= 4 is 81.3 Å². The molecule has 0 amide bonds. The molecule has 0 bridgehead atoms. The number of rotatable bonds is 6. The van der Waals surface area contributed by atoms with Crippen molar-refractivity contribution in [1.29, 1.82) is 0 Å². The Hall–Kier alpha value is -3.66.